The van der Waals surface area contributed by atoms with Crippen LogP contribution in [0, 0.1) is 0 Å². The molecule has 0 fully saturated rings. The molecule has 0 aliphatic heterocycles. The summed E-state index contributed by atoms with van der Waals surface area (Å²) in [5.74, 6) is -3.87. The summed E-state index contributed by atoms with van der Waals surface area (Å²) < 4.78 is 0. The minimum absolute atomic E-state index is 0.0992. The number of halogens is 1. The van der Waals surface area contributed by atoms with Crippen LogP contribution in [0.4, 0.5) is 11.4 Å². The van der Waals surface area contributed by atoms with E-state index in [9.17, 15) is 19.2 Å². The highest BCUT2D eigenvalue weighted by Gasteiger charge is 2.06. The van der Waals surface area contributed by atoms with E-state index < -0.39 is 23.8 Å². The Morgan fingerprint density at radius 2 is 1.39 bits per heavy atom. The molecule has 2 amide bonds. The zero-order valence-corrected chi connectivity index (χ0v) is 12.2. The molecule has 23 heavy (non-hydrogen) atoms. The van der Waals surface area contributed by atoms with Crippen molar-refractivity contribution >= 4 is 46.7 Å². The van der Waals surface area contributed by atoms with Gasteiger partial charge in [0.2, 0.25) is 11.8 Å². The van der Waals surface area contributed by atoms with Gasteiger partial charge in [0, 0.05) is 30.0 Å². The molecule has 8 nitrogen and oxygen atoms in total. The third-order valence-electron chi connectivity index (χ3n) is 2.25. The Labute approximate surface area is 135 Å². The first-order valence-corrected chi connectivity index (χ1v) is 6.39. The fourth-order valence-electron chi connectivity index (χ4n) is 1.35. The maximum Gasteiger partial charge on any atom is 0.328 e. The van der Waals surface area contributed by atoms with Gasteiger partial charge in [-0.2, -0.15) is 0 Å². The normalized spacial score (nSPS) is 10.7. The summed E-state index contributed by atoms with van der Waals surface area (Å²) >= 11 is 5.93. The van der Waals surface area contributed by atoms with Crippen LogP contribution in [0.15, 0.2) is 42.5 Å². The molecule has 0 spiro atoms. The van der Waals surface area contributed by atoms with E-state index in [1.54, 1.807) is 0 Å². The van der Waals surface area contributed by atoms with Crippen LogP contribution < -0.4 is 10.6 Å². The maximum atomic E-state index is 11.4. The molecule has 0 radical (unpaired) electrons. The first-order valence-electron chi connectivity index (χ1n) is 6.01. The average Bonchev–Trinajstić information content (AvgIpc) is 2.46. The summed E-state index contributed by atoms with van der Waals surface area (Å²) in [4.78, 5) is 43.4. The molecule has 4 N–H and O–H groups in total. The van der Waals surface area contributed by atoms with Crippen molar-refractivity contribution < 1.29 is 29.4 Å². The van der Waals surface area contributed by atoms with Gasteiger partial charge in [-0.05, 0) is 18.2 Å². The van der Waals surface area contributed by atoms with Crippen LogP contribution in [0.25, 0.3) is 0 Å². The molecule has 0 unspecified atom stereocenters. The number of aliphatic carboxylic acids is 2. The number of anilines is 2. The Morgan fingerprint density at radius 3 is 1.87 bits per heavy atom. The Hall–Kier alpha value is -3.13. The predicted molar refractivity (Wildman–Crippen MR) is 82.3 cm³/mol. The number of carbonyl (C=O) groups excluding carboxylic acids is 2. The standard InChI is InChI=1S/C14H11ClN2O6/c15-9-7-8(16-11(18)3-5-13(20)21)1-2-10(9)17-12(19)4-6-14(22)23/h1-7H,(H,16,18)(H,17,19)(H,20,21)(H,22,23). The maximum absolute atomic E-state index is 11.4. The minimum Gasteiger partial charge on any atom is -0.478 e. The zero-order chi connectivity index (χ0) is 17.4. The number of carboxylic acid groups (broad SMARTS) is 2. The Balaban J connectivity index is 2.74. The molecule has 0 heterocycles. The van der Waals surface area contributed by atoms with Crippen molar-refractivity contribution in [2.45, 2.75) is 0 Å². The second-order valence-electron chi connectivity index (χ2n) is 4.02. The highest BCUT2D eigenvalue weighted by molar-refractivity contribution is 6.34. The number of amides is 2. The van der Waals surface area contributed by atoms with Gasteiger partial charge in [-0.1, -0.05) is 11.6 Å². The lowest BCUT2D eigenvalue weighted by Gasteiger charge is -2.08. The van der Waals surface area contributed by atoms with E-state index in [0.717, 1.165) is 12.2 Å². The third-order valence-corrected chi connectivity index (χ3v) is 2.56. The summed E-state index contributed by atoms with van der Waals surface area (Å²) in [5, 5.41) is 21.6. The smallest absolute Gasteiger partial charge is 0.328 e. The van der Waals surface area contributed by atoms with Crippen molar-refractivity contribution in [3.05, 3.63) is 47.5 Å². The van der Waals surface area contributed by atoms with Crippen LogP contribution in [0.1, 0.15) is 0 Å². The van der Waals surface area contributed by atoms with Crippen molar-refractivity contribution in [2.75, 3.05) is 10.6 Å². The van der Waals surface area contributed by atoms with E-state index in [0.29, 0.717) is 12.2 Å². The first-order chi connectivity index (χ1) is 10.8. The van der Waals surface area contributed by atoms with Gasteiger partial charge < -0.3 is 20.8 Å². The highest BCUT2D eigenvalue weighted by Crippen LogP contribution is 2.25. The Bertz CT molecular complexity index is 711. The fourth-order valence-corrected chi connectivity index (χ4v) is 1.57. The Kier molecular flexibility index (Phi) is 6.50. The van der Waals surface area contributed by atoms with Crippen molar-refractivity contribution in [1.82, 2.24) is 0 Å². The first kappa shape index (κ1) is 17.9. The van der Waals surface area contributed by atoms with Crippen LogP contribution >= 0.6 is 11.6 Å². The van der Waals surface area contributed by atoms with Crippen molar-refractivity contribution in [2.24, 2.45) is 0 Å². The summed E-state index contributed by atoms with van der Waals surface area (Å²) in [6, 6.07) is 4.16. The predicted octanol–water partition coefficient (Wildman–Crippen LogP) is 1.50. The van der Waals surface area contributed by atoms with Gasteiger partial charge >= 0.3 is 11.9 Å². The van der Waals surface area contributed by atoms with E-state index in [4.69, 9.17) is 21.8 Å². The largest absolute Gasteiger partial charge is 0.478 e. The van der Waals surface area contributed by atoms with E-state index in [-0.39, 0.29) is 16.4 Å². The molecule has 1 rings (SSSR count). The van der Waals surface area contributed by atoms with Crippen molar-refractivity contribution in [3.63, 3.8) is 0 Å². The monoisotopic (exact) mass is 338 g/mol. The summed E-state index contributed by atoms with van der Waals surface area (Å²) in [7, 11) is 0. The fraction of sp³-hybridized carbons (Fsp3) is 0. The van der Waals surface area contributed by atoms with E-state index in [1.165, 1.54) is 18.2 Å². The lowest BCUT2D eigenvalue weighted by molar-refractivity contribution is -0.132. The number of hydrogen-bond acceptors (Lipinski definition) is 4. The molecule has 0 saturated carbocycles. The summed E-state index contributed by atoms with van der Waals surface area (Å²) in [5.41, 5.74) is 0.500. The Morgan fingerprint density at radius 1 is 0.870 bits per heavy atom. The molecule has 0 aromatic heterocycles. The van der Waals surface area contributed by atoms with Gasteiger partial charge in [0.25, 0.3) is 0 Å². The molecule has 9 heteroatoms. The molecular formula is C14H11ClN2O6. The van der Waals surface area contributed by atoms with Gasteiger partial charge in [-0.3, -0.25) is 9.59 Å². The van der Waals surface area contributed by atoms with Gasteiger partial charge in [0.05, 0.1) is 10.7 Å². The number of carboxylic acids is 2. The van der Waals surface area contributed by atoms with E-state index in [2.05, 4.69) is 10.6 Å². The number of hydrogen-bond donors (Lipinski definition) is 4. The van der Waals surface area contributed by atoms with Crippen molar-refractivity contribution in [3.8, 4) is 0 Å². The second kappa shape index (κ2) is 8.35. The van der Waals surface area contributed by atoms with Gasteiger partial charge in [0.15, 0.2) is 0 Å². The van der Waals surface area contributed by atoms with Gasteiger partial charge in [0.1, 0.15) is 0 Å². The average molecular weight is 339 g/mol. The lowest BCUT2D eigenvalue weighted by atomic mass is 10.2. The molecule has 120 valence electrons. The number of benzene rings is 1. The van der Waals surface area contributed by atoms with Crippen LogP contribution in [0.2, 0.25) is 5.02 Å². The number of carbonyl (C=O) groups is 4. The number of rotatable bonds is 6. The highest BCUT2D eigenvalue weighted by atomic mass is 35.5. The van der Waals surface area contributed by atoms with Gasteiger partial charge in [-0.15, -0.1) is 0 Å². The third kappa shape index (κ3) is 6.91. The van der Waals surface area contributed by atoms with Crippen molar-refractivity contribution in [1.29, 1.82) is 0 Å². The minimum atomic E-state index is -1.27. The van der Waals surface area contributed by atoms with Crippen LogP contribution in [-0.4, -0.2) is 34.0 Å². The van der Waals surface area contributed by atoms with Crippen LogP contribution in [-0.2, 0) is 19.2 Å². The zero-order valence-electron chi connectivity index (χ0n) is 11.4. The summed E-state index contributed by atoms with van der Waals surface area (Å²) in [6.07, 6.45) is 3.01. The molecule has 0 aliphatic rings. The molecule has 0 aliphatic carbocycles. The lowest BCUT2D eigenvalue weighted by Crippen LogP contribution is -2.11. The van der Waals surface area contributed by atoms with Gasteiger partial charge in [-0.25, -0.2) is 9.59 Å². The molecule has 1 aromatic carbocycles. The molecule has 0 saturated heterocycles. The second-order valence-corrected chi connectivity index (χ2v) is 4.42. The van der Waals surface area contributed by atoms with Crippen LogP contribution in [0.3, 0.4) is 0 Å². The number of nitrogens with one attached hydrogen (secondary N) is 2. The topological polar surface area (TPSA) is 133 Å². The van der Waals surface area contributed by atoms with E-state index in [1.807, 2.05) is 0 Å². The molecular weight excluding hydrogens is 328 g/mol. The molecule has 0 bridgehead atoms. The molecule has 0 atom stereocenters. The van der Waals surface area contributed by atoms with Crippen LogP contribution in [0.5, 0.6) is 0 Å². The quantitative estimate of drug-likeness (QED) is 0.581. The van der Waals surface area contributed by atoms with E-state index >= 15 is 0 Å². The molecule has 1 aromatic rings. The summed E-state index contributed by atoms with van der Waals surface area (Å²) in [6.45, 7) is 0. The SMILES string of the molecule is O=C(O)C=CC(=O)Nc1ccc(NC(=O)C=CC(=O)O)c(Cl)c1.